The highest BCUT2D eigenvalue weighted by Gasteiger charge is 2.25. The second-order valence-electron chi connectivity index (χ2n) is 5.88. The fourth-order valence-corrected chi connectivity index (χ4v) is 3.48. The van der Waals surface area contributed by atoms with Crippen LogP contribution in [0.25, 0.3) is 0 Å². The number of nitrogens with zero attached hydrogens (tertiary/aromatic N) is 1. The van der Waals surface area contributed by atoms with Gasteiger partial charge in [-0.2, -0.15) is 0 Å². The Morgan fingerprint density at radius 3 is 2.38 bits per heavy atom. The number of halogens is 1. The molecule has 0 amide bonds. The van der Waals surface area contributed by atoms with Crippen LogP contribution in [-0.2, 0) is 16.6 Å². The maximum atomic E-state index is 12.5. The van der Waals surface area contributed by atoms with E-state index in [1.807, 2.05) is 32.8 Å². The molecule has 1 aromatic rings. The topological polar surface area (TPSA) is 69.6 Å². The molecular weight excluding hydrogens is 312 g/mol. The van der Waals surface area contributed by atoms with Gasteiger partial charge >= 0.3 is 0 Å². The van der Waals surface area contributed by atoms with Gasteiger partial charge in [0.25, 0.3) is 0 Å². The summed E-state index contributed by atoms with van der Waals surface area (Å²) in [5.74, 6) is 0. The molecule has 21 heavy (non-hydrogen) atoms. The molecule has 0 aliphatic heterocycles. The second kappa shape index (κ2) is 6.62. The summed E-state index contributed by atoms with van der Waals surface area (Å²) in [6, 6.07) is 2.97. The number of nitrogens with one attached hydrogen (secondary N) is 1. The van der Waals surface area contributed by atoms with E-state index >= 15 is 0 Å². The highest BCUT2D eigenvalue weighted by atomic mass is 35.5. The molecule has 0 heterocycles. The van der Waals surface area contributed by atoms with Crippen molar-refractivity contribution in [2.45, 2.75) is 37.8 Å². The minimum absolute atomic E-state index is 0.105. The first-order valence-electron chi connectivity index (χ1n) is 6.58. The Morgan fingerprint density at radius 1 is 1.33 bits per heavy atom. The molecule has 120 valence electrons. The van der Waals surface area contributed by atoms with Gasteiger partial charge in [-0.3, -0.25) is 0 Å². The number of hydrogen-bond acceptors (Lipinski definition) is 4. The molecule has 0 unspecified atom stereocenters. The molecule has 7 heteroatoms. The van der Waals surface area contributed by atoms with Crippen molar-refractivity contribution < 1.29 is 13.5 Å². The summed E-state index contributed by atoms with van der Waals surface area (Å²) in [6.07, 6.45) is 0. The number of rotatable bonds is 6. The lowest BCUT2D eigenvalue weighted by Gasteiger charge is -2.32. The summed E-state index contributed by atoms with van der Waals surface area (Å²) in [4.78, 5) is 2.05. The molecule has 0 saturated heterocycles. The number of sulfonamides is 1. The van der Waals surface area contributed by atoms with Crippen molar-refractivity contribution in [3.63, 3.8) is 0 Å². The second-order valence-corrected chi connectivity index (χ2v) is 8.05. The molecule has 1 aromatic carbocycles. The highest BCUT2D eigenvalue weighted by Crippen LogP contribution is 2.24. The van der Waals surface area contributed by atoms with Crippen LogP contribution in [0.2, 0.25) is 5.02 Å². The molecule has 0 spiro atoms. The summed E-state index contributed by atoms with van der Waals surface area (Å²) in [5.41, 5.74) is 0.700. The van der Waals surface area contributed by atoms with Gasteiger partial charge in [0, 0.05) is 17.1 Å². The Balaban J connectivity index is 3.12. The molecule has 0 saturated carbocycles. The Hall–Kier alpha value is -0.660. The number of benzene rings is 1. The van der Waals surface area contributed by atoms with Crippen molar-refractivity contribution in [2.75, 3.05) is 20.6 Å². The van der Waals surface area contributed by atoms with E-state index in [2.05, 4.69) is 4.72 Å². The molecule has 0 fully saturated rings. The molecule has 0 aromatic heterocycles. The van der Waals surface area contributed by atoms with Crippen LogP contribution in [0.4, 0.5) is 0 Å². The molecule has 0 radical (unpaired) electrons. The summed E-state index contributed by atoms with van der Waals surface area (Å²) in [6.45, 7) is 5.56. The molecule has 2 N–H and O–H groups in total. The summed E-state index contributed by atoms with van der Waals surface area (Å²) in [5, 5.41) is 9.57. The molecule has 0 bridgehead atoms. The van der Waals surface area contributed by atoms with Crippen LogP contribution in [0.5, 0.6) is 0 Å². The fourth-order valence-electron chi connectivity index (χ4n) is 1.66. The maximum Gasteiger partial charge on any atom is 0.240 e. The molecule has 0 aliphatic carbocycles. The predicted octanol–water partition coefficient (Wildman–Crippen LogP) is 1.76. The lowest BCUT2D eigenvalue weighted by molar-refractivity contribution is 0.199. The van der Waals surface area contributed by atoms with Gasteiger partial charge in [-0.05, 0) is 58.1 Å². The SMILES string of the molecule is Cc1c(CO)cc(Cl)cc1S(=O)(=O)NCC(C)(C)N(C)C. The average Bonchev–Trinajstić information content (AvgIpc) is 2.38. The molecule has 5 nitrogen and oxygen atoms in total. The first-order chi connectivity index (χ1) is 9.51. The molecule has 0 atom stereocenters. The van der Waals surface area contributed by atoms with Gasteiger partial charge < -0.3 is 10.0 Å². The van der Waals surface area contributed by atoms with Crippen LogP contribution in [0.3, 0.4) is 0 Å². The zero-order valence-electron chi connectivity index (χ0n) is 13.1. The van der Waals surface area contributed by atoms with E-state index in [4.69, 9.17) is 11.6 Å². The number of aliphatic hydroxyl groups excluding tert-OH is 1. The van der Waals surface area contributed by atoms with Crippen LogP contribution in [0.1, 0.15) is 25.0 Å². The van der Waals surface area contributed by atoms with E-state index in [9.17, 15) is 13.5 Å². The van der Waals surface area contributed by atoms with E-state index < -0.39 is 10.0 Å². The van der Waals surface area contributed by atoms with E-state index in [1.165, 1.54) is 6.07 Å². The van der Waals surface area contributed by atoms with Gasteiger partial charge in [0.2, 0.25) is 10.0 Å². The van der Waals surface area contributed by atoms with Crippen LogP contribution >= 0.6 is 11.6 Å². The first kappa shape index (κ1) is 18.4. The molecule has 1 rings (SSSR count). The Labute approximate surface area is 132 Å². The standard InChI is InChI=1S/C14H23ClN2O3S/c1-10-11(8-18)6-12(15)7-13(10)21(19,20)16-9-14(2,3)17(4)5/h6-7,16,18H,8-9H2,1-5H3. The Kier molecular flexibility index (Phi) is 5.80. The van der Waals surface area contributed by atoms with Crippen molar-refractivity contribution in [1.82, 2.24) is 9.62 Å². The fraction of sp³-hybridized carbons (Fsp3) is 0.571. The minimum atomic E-state index is -3.68. The molecular formula is C14H23ClN2O3S. The zero-order valence-corrected chi connectivity index (χ0v) is 14.6. The van der Waals surface area contributed by atoms with Crippen LogP contribution in [0.15, 0.2) is 17.0 Å². The van der Waals surface area contributed by atoms with Gasteiger partial charge in [0.05, 0.1) is 11.5 Å². The smallest absolute Gasteiger partial charge is 0.240 e. The van der Waals surface area contributed by atoms with Crippen molar-refractivity contribution in [2.24, 2.45) is 0 Å². The first-order valence-corrected chi connectivity index (χ1v) is 8.44. The lowest BCUT2D eigenvalue weighted by Crippen LogP contribution is -2.48. The van der Waals surface area contributed by atoms with Crippen molar-refractivity contribution >= 4 is 21.6 Å². The van der Waals surface area contributed by atoms with E-state index in [1.54, 1.807) is 13.0 Å². The van der Waals surface area contributed by atoms with E-state index in [0.29, 0.717) is 11.1 Å². The highest BCUT2D eigenvalue weighted by molar-refractivity contribution is 7.89. The monoisotopic (exact) mass is 334 g/mol. The summed E-state index contributed by atoms with van der Waals surface area (Å²) < 4.78 is 27.6. The largest absolute Gasteiger partial charge is 0.392 e. The lowest BCUT2D eigenvalue weighted by atomic mass is 10.1. The Morgan fingerprint density at radius 2 is 1.90 bits per heavy atom. The Bertz CT molecular complexity index is 613. The van der Waals surface area contributed by atoms with E-state index in [-0.39, 0.29) is 28.6 Å². The van der Waals surface area contributed by atoms with Crippen molar-refractivity contribution in [3.8, 4) is 0 Å². The van der Waals surface area contributed by atoms with Crippen LogP contribution < -0.4 is 4.72 Å². The third kappa shape index (κ3) is 4.40. The normalized spacial score (nSPS) is 13.0. The van der Waals surface area contributed by atoms with Crippen molar-refractivity contribution in [1.29, 1.82) is 0 Å². The maximum absolute atomic E-state index is 12.5. The number of likely N-dealkylation sites (N-methyl/N-ethyl adjacent to an activating group) is 1. The third-order valence-electron chi connectivity index (χ3n) is 3.80. The number of hydrogen-bond donors (Lipinski definition) is 2. The summed E-state index contributed by atoms with van der Waals surface area (Å²) in [7, 11) is 0.0984. The molecule has 0 aliphatic rings. The van der Waals surface area contributed by atoms with E-state index in [0.717, 1.165) is 0 Å². The van der Waals surface area contributed by atoms with Gasteiger partial charge in [-0.15, -0.1) is 0 Å². The van der Waals surface area contributed by atoms with Gasteiger partial charge in [0.1, 0.15) is 0 Å². The zero-order chi connectivity index (χ0) is 16.4. The van der Waals surface area contributed by atoms with Gasteiger partial charge in [-0.1, -0.05) is 11.6 Å². The van der Waals surface area contributed by atoms with Gasteiger partial charge in [-0.25, -0.2) is 13.1 Å². The van der Waals surface area contributed by atoms with Crippen molar-refractivity contribution in [3.05, 3.63) is 28.3 Å². The average molecular weight is 335 g/mol. The quantitative estimate of drug-likeness (QED) is 0.831. The van der Waals surface area contributed by atoms with Crippen LogP contribution in [0, 0.1) is 6.92 Å². The van der Waals surface area contributed by atoms with Gasteiger partial charge in [0.15, 0.2) is 0 Å². The minimum Gasteiger partial charge on any atom is -0.392 e. The number of aliphatic hydroxyl groups is 1. The summed E-state index contributed by atoms with van der Waals surface area (Å²) >= 11 is 5.94. The predicted molar refractivity (Wildman–Crippen MR) is 85.1 cm³/mol. The van der Waals surface area contributed by atoms with Crippen LogP contribution in [-0.4, -0.2) is 44.6 Å². The third-order valence-corrected chi connectivity index (χ3v) is 5.54.